The van der Waals surface area contributed by atoms with E-state index < -0.39 is 23.4 Å². The first-order valence-electron chi connectivity index (χ1n) is 10.0. The molecule has 3 amide bonds. The Morgan fingerprint density at radius 1 is 1.20 bits per heavy atom. The van der Waals surface area contributed by atoms with Crippen molar-refractivity contribution in [1.29, 1.82) is 0 Å². The second-order valence-corrected chi connectivity index (χ2v) is 8.72. The lowest BCUT2D eigenvalue weighted by Gasteiger charge is -2.32. The van der Waals surface area contributed by atoms with Crippen LogP contribution < -0.4 is 10.6 Å². The Hall–Kier alpha value is -2.35. The number of nitrogens with zero attached hydrogens (tertiary/aromatic N) is 1. The fourth-order valence-corrected chi connectivity index (χ4v) is 3.42. The third-order valence-corrected chi connectivity index (χ3v) is 5.03. The Labute approximate surface area is 181 Å². The van der Waals surface area contributed by atoms with Crippen molar-refractivity contribution < 1.29 is 23.5 Å². The van der Waals surface area contributed by atoms with E-state index in [0.29, 0.717) is 19.6 Å². The first-order chi connectivity index (χ1) is 14.1. The van der Waals surface area contributed by atoms with Gasteiger partial charge in [0.25, 0.3) is 5.91 Å². The van der Waals surface area contributed by atoms with Gasteiger partial charge in [0.05, 0.1) is 10.6 Å². The number of carbonyl (C=O) groups excluding carboxylic acids is 3. The van der Waals surface area contributed by atoms with Gasteiger partial charge >= 0.3 is 6.09 Å². The Balaban J connectivity index is 1.69. The molecule has 0 unspecified atom stereocenters. The molecule has 0 saturated carbocycles. The minimum Gasteiger partial charge on any atom is -0.444 e. The van der Waals surface area contributed by atoms with Gasteiger partial charge in [-0.2, -0.15) is 0 Å². The van der Waals surface area contributed by atoms with Gasteiger partial charge in [0, 0.05) is 32.6 Å². The lowest BCUT2D eigenvalue weighted by atomic mass is 9.96. The van der Waals surface area contributed by atoms with Crippen molar-refractivity contribution in [3.05, 3.63) is 34.6 Å². The molecule has 1 heterocycles. The smallest absolute Gasteiger partial charge is 0.407 e. The number of amides is 3. The van der Waals surface area contributed by atoms with Crippen LogP contribution in [0.1, 0.15) is 50.4 Å². The topological polar surface area (TPSA) is 87.7 Å². The second kappa shape index (κ2) is 10.6. The van der Waals surface area contributed by atoms with Crippen molar-refractivity contribution in [2.24, 2.45) is 5.92 Å². The van der Waals surface area contributed by atoms with Gasteiger partial charge < -0.3 is 20.3 Å². The van der Waals surface area contributed by atoms with Crippen molar-refractivity contribution in [1.82, 2.24) is 15.5 Å². The summed E-state index contributed by atoms with van der Waals surface area (Å²) in [5, 5.41) is 5.39. The summed E-state index contributed by atoms with van der Waals surface area (Å²) in [5.41, 5.74) is -0.729. The van der Waals surface area contributed by atoms with Crippen LogP contribution in [-0.4, -0.2) is 54.6 Å². The summed E-state index contributed by atoms with van der Waals surface area (Å²) in [4.78, 5) is 37.9. The number of hydrogen-bond acceptors (Lipinski definition) is 4. The summed E-state index contributed by atoms with van der Waals surface area (Å²) in [7, 11) is 0. The van der Waals surface area contributed by atoms with Crippen molar-refractivity contribution in [2.45, 2.75) is 45.6 Å². The number of hydrogen-bond donors (Lipinski definition) is 2. The van der Waals surface area contributed by atoms with Crippen molar-refractivity contribution >= 4 is 29.5 Å². The summed E-state index contributed by atoms with van der Waals surface area (Å²) >= 11 is 5.91. The number of ether oxygens (including phenoxy) is 1. The van der Waals surface area contributed by atoms with Crippen LogP contribution in [0.5, 0.6) is 0 Å². The molecule has 0 radical (unpaired) electrons. The fraction of sp³-hybridized carbons (Fsp3) is 0.571. The minimum atomic E-state index is -0.652. The van der Waals surface area contributed by atoms with E-state index in [1.807, 2.05) is 0 Å². The van der Waals surface area contributed by atoms with Crippen LogP contribution in [-0.2, 0) is 9.53 Å². The van der Waals surface area contributed by atoms with E-state index in [1.165, 1.54) is 18.2 Å². The average Bonchev–Trinajstić information content (AvgIpc) is 2.65. The zero-order valence-corrected chi connectivity index (χ0v) is 18.4. The van der Waals surface area contributed by atoms with Gasteiger partial charge in [0.2, 0.25) is 5.91 Å². The van der Waals surface area contributed by atoms with Gasteiger partial charge in [0.1, 0.15) is 11.4 Å². The molecule has 9 heteroatoms. The number of benzene rings is 1. The SMILES string of the molecule is CC(C)(C)OC(=O)NCCC(=O)N1CCC(CNC(=O)c2c(F)cccc2Cl)CC1. The van der Waals surface area contributed by atoms with E-state index >= 15 is 0 Å². The molecule has 0 bridgehead atoms. The predicted molar refractivity (Wildman–Crippen MR) is 112 cm³/mol. The summed E-state index contributed by atoms with van der Waals surface area (Å²) < 4.78 is 18.9. The molecule has 0 atom stereocenters. The van der Waals surface area contributed by atoms with Crippen molar-refractivity contribution in [2.75, 3.05) is 26.2 Å². The molecule has 1 aliphatic heterocycles. The average molecular weight is 442 g/mol. The van der Waals surface area contributed by atoms with E-state index in [0.717, 1.165) is 12.8 Å². The molecule has 1 saturated heterocycles. The van der Waals surface area contributed by atoms with Gasteiger partial charge in [-0.25, -0.2) is 9.18 Å². The van der Waals surface area contributed by atoms with E-state index in [4.69, 9.17) is 16.3 Å². The van der Waals surface area contributed by atoms with Crippen LogP contribution in [0.2, 0.25) is 5.02 Å². The number of nitrogens with one attached hydrogen (secondary N) is 2. The Bertz CT molecular complexity index is 754. The quantitative estimate of drug-likeness (QED) is 0.708. The highest BCUT2D eigenvalue weighted by atomic mass is 35.5. The Morgan fingerprint density at radius 3 is 2.47 bits per heavy atom. The van der Waals surface area contributed by atoms with E-state index in [-0.39, 0.29) is 35.4 Å². The van der Waals surface area contributed by atoms with Gasteiger partial charge in [-0.3, -0.25) is 9.59 Å². The Morgan fingerprint density at radius 2 is 1.87 bits per heavy atom. The monoisotopic (exact) mass is 441 g/mol. The first kappa shape index (κ1) is 23.9. The number of piperidine rings is 1. The predicted octanol–water partition coefficient (Wildman–Crippen LogP) is 3.36. The zero-order chi connectivity index (χ0) is 22.3. The molecular weight excluding hydrogens is 413 g/mol. The largest absolute Gasteiger partial charge is 0.444 e. The van der Waals surface area contributed by atoms with Crippen LogP contribution in [0.25, 0.3) is 0 Å². The first-order valence-corrected chi connectivity index (χ1v) is 10.4. The fourth-order valence-electron chi connectivity index (χ4n) is 3.17. The van der Waals surface area contributed by atoms with E-state index in [9.17, 15) is 18.8 Å². The molecule has 7 nitrogen and oxygen atoms in total. The molecular formula is C21H29ClFN3O4. The van der Waals surface area contributed by atoms with Gasteiger partial charge in [-0.1, -0.05) is 17.7 Å². The lowest BCUT2D eigenvalue weighted by Crippen LogP contribution is -2.42. The summed E-state index contributed by atoms with van der Waals surface area (Å²) in [6, 6.07) is 4.12. The summed E-state index contributed by atoms with van der Waals surface area (Å²) in [6.07, 6.45) is 1.12. The van der Waals surface area contributed by atoms with Crippen LogP contribution in [0.3, 0.4) is 0 Å². The van der Waals surface area contributed by atoms with Crippen LogP contribution in [0.4, 0.5) is 9.18 Å². The van der Waals surface area contributed by atoms with Crippen LogP contribution in [0, 0.1) is 11.7 Å². The lowest BCUT2D eigenvalue weighted by molar-refractivity contribution is -0.132. The van der Waals surface area contributed by atoms with Gasteiger partial charge in [-0.05, 0) is 51.7 Å². The highest BCUT2D eigenvalue weighted by molar-refractivity contribution is 6.33. The molecule has 1 aliphatic rings. The summed E-state index contributed by atoms with van der Waals surface area (Å²) in [6.45, 7) is 7.08. The highest BCUT2D eigenvalue weighted by Crippen LogP contribution is 2.20. The minimum absolute atomic E-state index is 0.0355. The van der Waals surface area contributed by atoms with E-state index in [2.05, 4.69) is 10.6 Å². The maximum atomic E-state index is 13.8. The summed E-state index contributed by atoms with van der Waals surface area (Å²) in [5.74, 6) is -1.03. The molecule has 0 aromatic heterocycles. The molecule has 2 N–H and O–H groups in total. The number of halogens is 2. The number of carbonyl (C=O) groups is 3. The van der Waals surface area contributed by atoms with Crippen LogP contribution in [0.15, 0.2) is 18.2 Å². The molecule has 1 fully saturated rings. The third-order valence-electron chi connectivity index (χ3n) is 4.72. The molecule has 1 aromatic rings. The standard InChI is InChI=1S/C21H29ClFN3O4/c1-21(2,3)30-20(29)24-10-7-17(27)26-11-8-14(9-12-26)13-25-19(28)18-15(22)5-4-6-16(18)23/h4-6,14H,7-13H2,1-3H3,(H,24,29)(H,25,28). The molecule has 30 heavy (non-hydrogen) atoms. The molecule has 166 valence electrons. The number of rotatable bonds is 6. The third kappa shape index (κ3) is 7.48. The van der Waals surface area contributed by atoms with Crippen molar-refractivity contribution in [3.8, 4) is 0 Å². The molecule has 0 aliphatic carbocycles. The maximum Gasteiger partial charge on any atom is 0.407 e. The zero-order valence-electron chi connectivity index (χ0n) is 17.6. The molecule has 0 spiro atoms. The highest BCUT2D eigenvalue weighted by Gasteiger charge is 2.24. The number of alkyl carbamates (subject to hydrolysis) is 1. The number of likely N-dealkylation sites (tertiary alicyclic amines) is 1. The van der Waals surface area contributed by atoms with E-state index in [1.54, 1.807) is 25.7 Å². The Kier molecular flexibility index (Phi) is 8.46. The maximum absolute atomic E-state index is 13.8. The van der Waals surface area contributed by atoms with Gasteiger partial charge in [0.15, 0.2) is 0 Å². The van der Waals surface area contributed by atoms with Crippen molar-refractivity contribution in [3.63, 3.8) is 0 Å². The molecule has 2 rings (SSSR count). The van der Waals surface area contributed by atoms with Gasteiger partial charge in [-0.15, -0.1) is 0 Å². The normalized spacial score (nSPS) is 14.9. The molecule has 1 aromatic carbocycles. The second-order valence-electron chi connectivity index (χ2n) is 8.31. The van der Waals surface area contributed by atoms with Crippen LogP contribution >= 0.6 is 11.6 Å².